The van der Waals surface area contributed by atoms with E-state index in [1.165, 1.54) is 11.8 Å². The summed E-state index contributed by atoms with van der Waals surface area (Å²) in [6, 6.07) is 19.0. The first-order chi connectivity index (χ1) is 11.6. The van der Waals surface area contributed by atoms with Crippen LogP contribution in [0.3, 0.4) is 0 Å². The van der Waals surface area contributed by atoms with Crippen molar-refractivity contribution in [3.05, 3.63) is 75.9 Å². The summed E-state index contributed by atoms with van der Waals surface area (Å²) < 4.78 is 1.88. The van der Waals surface area contributed by atoms with Crippen molar-refractivity contribution in [2.24, 2.45) is 0 Å². The highest BCUT2D eigenvalue weighted by molar-refractivity contribution is 7.99. The van der Waals surface area contributed by atoms with E-state index < -0.39 is 0 Å². The first-order valence-electron chi connectivity index (χ1n) is 7.14. The monoisotopic (exact) mass is 373 g/mol. The quantitative estimate of drug-likeness (QED) is 0.661. The molecule has 0 aliphatic rings. The van der Waals surface area contributed by atoms with Gasteiger partial charge in [-0.3, -0.25) is 0 Å². The summed E-state index contributed by atoms with van der Waals surface area (Å²) in [6.07, 6.45) is 0. The largest absolute Gasteiger partial charge is 0.397 e. The maximum absolute atomic E-state index is 9.42. The number of halogens is 2. The maximum Gasteiger partial charge on any atom is 0.123 e. The van der Waals surface area contributed by atoms with Crippen molar-refractivity contribution >= 4 is 40.7 Å². The fourth-order valence-corrected chi connectivity index (χ4v) is 3.59. The van der Waals surface area contributed by atoms with Crippen LogP contribution in [0.15, 0.2) is 64.5 Å². The molecule has 2 aromatic carbocycles. The van der Waals surface area contributed by atoms with Crippen molar-refractivity contribution in [2.45, 2.75) is 16.5 Å². The lowest BCUT2D eigenvalue weighted by atomic mass is 10.2. The smallest absolute Gasteiger partial charge is 0.123 e. The Balaban J connectivity index is 2.00. The number of aromatic nitrogens is 1. The number of hydrogen-bond acceptors (Lipinski definition) is 3. The maximum atomic E-state index is 9.42. The number of nitriles is 1. The minimum atomic E-state index is 0.482. The number of hydrogen-bond donors (Lipinski definition) is 1. The zero-order valence-corrected chi connectivity index (χ0v) is 14.9. The van der Waals surface area contributed by atoms with Gasteiger partial charge in [-0.1, -0.05) is 53.2 Å². The van der Waals surface area contributed by atoms with Gasteiger partial charge < -0.3 is 10.3 Å². The zero-order chi connectivity index (χ0) is 17.1. The molecule has 0 bridgehead atoms. The summed E-state index contributed by atoms with van der Waals surface area (Å²) in [4.78, 5) is 0.995. The average molecular weight is 374 g/mol. The SMILES string of the molecule is N#Cc1cc(N)c(Sc2ccc(Cl)cc2)n1Cc1ccccc1Cl. The van der Waals surface area contributed by atoms with Crippen LogP contribution in [-0.2, 0) is 6.54 Å². The van der Waals surface area contributed by atoms with Gasteiger partial charge in [-0.05, 0) is 42.0 Å². The summed E-state index contributed by atoms with van der Waals surface area (Å²) in [5.74, 6) is 0. The summed E-state index contributed by atoms with van der Waals surface area (Å²) in [6.45, 7) is 0.482. The van der Waals surface area contributed by atoms with Crippen molar-refractivity contribution in [1.29, 1.82) is 5.26 Å². The molecule has 0 aliphatic carbocycles. The Hall–Kier alpha value is -2.06. The normalized spacial score (nSPS) is 10.5. The van der Waals surface area contributed by atoms with Gasteiger partial charge in [0.25, 0.3) is 0 Å². The predicted octanol–water partition coefficient (Wildman–Crippen LogP) is 5.45. The molecule has 1 aromatic heterocycles. The van der Waals surface area contributed by atoms with Gasteiger partial charge in [-0.15, -0.1) is 0 Å². The molecule has 0 saturated heterocycles. The van der Waals surface area contributed by atoms with Crippen molar-refractivity contribution in [2.75, 3.05) is 5.73 Å². The number of nitrogens with two attached hydrogens (primary N) is 1. The Morgan fingerprint density at radius 2 is 1.79 bits per heavy atom. The Bertz CT molecular complexity index is 911. The number of benzene rings is 2. The molecule has 0 atom stereocenters. The molecule has 3 aromatic rings. The topological polar surface area (TPSA) is 54.7 Å². The second-order valence-electron chi connectivity index (χ2n) is 5.14. The number of nitrogen functional groups attached to an aromatic ring is 1. The highest BCUT2D eigenvalue weighted by atomic mass is 35.5. The lowest BCUT2D eigenvalue weighted by molar-refractivity contribution is 0.726. The lowest BCUT2D eigenvalue weighted by Gasteiger charge is -2.12. The van der Waals surface area contributed by atoms with E-state index in [2.05, 4.69) is 6.07 Å². The standard InChI is InChI=1S/C18H13Cl2N3S/c19-13-5-7-15(8-6-13)24-18-17(22)9-14(10-21)23(18)11-12-3-1-2-4-16(12)20/h1-9H,11,22H2. The fourth-order valence-electron chi connectivity index (χ4n) is 2.33. The molecule has 0 saturated carbocycles. The molecule has 0 amide bonds. The van der Waals surface area contributed by atoms with Crippen molar-refractivity contribution in [3.8, 4) is 6.07 Å². The molecule has 120 valence electrons. The second kappa shape index (κ2) is 7.23. The van der Waals surface area contributed by atoms with Gasteiger partial charge in [-0.2, -0.15) is 5.26 Å². The van der Waals surface area contributed by atoms with Crippen LogP contribution in [0, 0.1) is 11.3 Å². The van der Waals surface area contributed by atoms with Crippen LogP contribution >= 0.6 is 35.0 Å². The van der Waals surface area contributed by atoms with E-state index in [0.717, 1.165) is 15.5 Å². The number of anilines is 1. The van der Waals surface area contributed by atoms with E-state index in [9.17, 15) is 5.26 Å². The van der Waals surface area contributed by atoms with Gasteiger partial charge in [0.15, 0.2) is 0 Å². The third-order valence-corrected chi connectivity index (χ3v) is 5.28. The molecule has 24 heavy (non-hydrogen) atoms. The molecule has 0 aliphatic heterocycles. The highest BCUT2D eigenvalue weighted by Crippen LogP contribution is 2.36. The van der Waals surface area contributed by atoms with Gasteiger partial charge >= 0.3 is 0 Å². The van der Waals surface area contributed by atoms with E-state index in [-0.39, 0.29) is 0 Å². The van der Waals surface area contributed by atoms with Crippen molar-refractivity contribution in [1.82, 2.24) is 4.57 Å². The van der Waals surface area contributed by atoms with Crippen LogP contribution in [-0.4, -0.2) is 4.57 Å². The second-order valence-corrected chi connectivity index (χ2v) is 7.04. The molecule has 1 heterocycles. The third kappa shape index (κ3) is 3.54. The zero-order valence-electron chi connectivity index (χ0n) is 12.5. The predicted molar refractivity (Wildman–Crippen MR) is 99.7 cm³/mol. The number of nitrogens with zero attached hydrogens (tertiary/aromatic N) is 2. The van der Waals surface area contributed by atoms with Crippen molar-refractivity contribution < 1.29 is 0 Å². The van der Waals surface area contributed by atoms with Gasteiger partial charge in [0.05, 0.1) is 12.2 Å². The minimum Gasteiger partial charge on any atom is -0.397 e. The van der Waals surface area contributed by atoms with Crippen LogP contribution in [0.25, 0.3) is 0 Å². The van der Waals surface area contributed by atoms with Crippen LogP contribution in [0.1, 0.15) is 11.3 Å². The molecule has 0 radical (unpaired) electrons. The Morgan fingerprint density at radius 3 is 2.46 bits per heavy atom. The summed E-state index contributed by atoms with van der Waals surface area (Å²) >= 11 is 13.7. The summed E-state index contributed by atoms with van der Waals surface area (Å²) in [5.41, 5.74) is 8.14. The van der Waals surface area contributed by atoms with E-state index in [0.29, 0.717) is 28.0 Å². The molecule has 0 fully saturated rings. The van der Waals surface area contributed by atoms with Crippen LogP contribution in [0.4, 0.5) is 5.69 Å². The summed E-state index contributed by atoms with van der Waals surface area (Å²) in [7, 11) is 0. The molecule has 6 heteroatoms. The van der Waals surface area contributed by atoms with E-state index in [4.69, 9.17) is 28.9 Å². The Morgan fingerprint density at radius 1 is 1.08 bits per heavy atom. The molecule has 3 rings (SSSR count). The van der Waals surface area contributed by atoms with Crippen LogP contribution in [0.5, 0.6) is 0 Å². The van der Waals surface area contributed by atoms with Crippen LogP contribution < -0.4 is 5.73 Å². The molecule has 3 nitrogen and oxygen atoms in total. The van der Waals surface area contributed by atoms with Gasteiger partial charge in [0.1, 0.15) is 16.8 Å². The minimum absolute atomic E-state index is 0.482. The lowest BCUT2D eigenvalue weighted by Crippen LogP contribution is -2.04. The van der Waals surface area contributed by atoms with E-state index in [1.54, 1.807) is 6.07 Å². The fraction of sp³-hybridized carbons (Fsp3) is 0.0556. The molecular formula is C18H13Cl2N3S. The van der Waals surface area contributed by atoms with Crippen LogP contribution in [0.2, 0.25) is 10.0 Å². The van der Waals surface area contributed by atoms with Gasteiger partial charge in [0.2, 0.25) is 0 Å². The highest BCUT2D eigenvalue weighted by Gasteiger charge is 2.16. The van der Waals surface area contributed by atoms with E-state index in [1.807, 2.05) is 53.1 Å². The number of rotatable bonds is 4. The molecule has 2 N–H and O–H groups in total. The Kier molecular flexibility index (Phi) is 5.06. The van der Waals surface area contributed by atoms with Gasteiger partial charge in [-0.25, -0.2) is 0 Å². The first-order valence-corrected chi connectivity index (χ1v) is 8.71. The first kappa shape index (κ1) is 16.8. The van der Waals surface area contributed by atoms with Crippen molar-refractivity contribution in [3.63, 3.8) is 0 Å². The summed E-state index contributed by atoms with van der Waals surface area (Å²) in [5, 5.41) is 11.6. The van der Waals surface area contributed by atoms with Gasteiger partial charge in [0, 0.05) is 14.9 Å². The molecule has 0 spiro atoms. The average Bonchev–Trinajstić information content (AvgIpc) is 2.87. The molecular weight excluding hydrogens is 361 g/mol. The molecule has 0 unspecified atom stereocenters. The van der Waals surface area contributed by atoms with E-state index >= 15 is 0 Å². The third-order valence-electron chi connectivity index (χ3n) is 3.50. The Labute approximate surface area is 154 Å².